The first-order valence-corrected chi connectivity index (χ1v) is 14.9. The third-order valence-electron chi connectivity index (χ3n) is 8.42. The van der Waals surface area contributed by atoms with Crippen molar-refractivity contribution in [3.05, 3.63) is 141 Å². The summed E-state index contributed by atoms with van der Waals surface area (Å²) in [4.78, 5) is 39.6. The van der Waals surface area contributed by atoms with Crippen molar-refractivity contribution in [2.75, 3.05) is 6.54 Å². The van der Waals surface area contributed by atoms with Gasteiger partial charge in [-0.05, 0) is 77.1 Å². The quantitative estimate of drug-likeness (QED) is 0.128. The van der Waals surface area contributed by atoms with Crippen LogP contribution in [0.15, 0.2) is 102 Å². The molecule has 0 radical (unpaired) electrons. The Hall–Kier alpha value is -5.45. The van der Waals surface area contributed by atoms with Gasteiger partial charge in [0.15, 0.2) is 5.54 Å². The number of fused-ring (bicyclic) bond motifs is 2. The highest BCUT2D eigenvalue weighted by atomic mass is 16.5. The van der Waals surface area contributed by atoms with E-state index in [2.05, 4.69) is 15.6 Å². The Balaban J connectivity index is 0.997. The summed E-state index contributed by atoms with van der Waals surface area (Å²) in [7, 11) is 0. The number of ether oxygens (including phenoxy) is 1. The highest BCUT2D eigenvalue weighted by Gasteiger charge is 2.46. The highest BCUT2D eigenvalue weighted by molar-refractivity contribution is 5.98. The molecule has 5 aromatic rings. The summed E-state index contributed by atoms with van der Waals surface area (Å²) >= 11 is 0. The Morgan fingerprint density at radius 2 is 1.65 bits per heavy atom. The topological polar surface area (TPSA) is 161 Å². The third kappa shape index (κ3) is 6.21. The van der Waals surface area contributed by atoms with Crippen molar-refractivity contribution in [1.29, 1.82) is 0 Å². The number of aliphatic hydroxyl groups excluding tert-OH is 1. The number of hydrogen-bond donors (Lipinski definition) is 6. The number of aromatic hydroxyl groups is 1. The number of amides is 1. The van der Waals surface area contributed by atoms with Crippen LogP contribution in [0.1, 0.15) is 50.7 Å². The molecule has 10 nitrogen and oxygen atoms in total. The van der Waals surface area contributed by atoms with E-state index < -0.39 is 23.5 Å². The van der Waals surface area contributed by atoms with Crippen LogP contribution in [-0.2, 0) is 29.9 Å². The van der Waals surface area contributed by atoms with E-state index in [1.807, 2.05) is 36.4 Å². The van der Waals surface area contributed by atoms with Crippen molar-refractivity contribution >= 4 is 22.8 Å². The van der Waals surface area contributed by atoms with E-state index in [0.717, 1.165) is 16.7 Å². The van der Waals surface area contributed by atoms with E-state index in [1.54, 1.807) is 48.5 Å². The lowest BCUT2D eigenvalue weighted by Gasteiger charge is -2.27. The van der Waals surface area contributed by atoms with Crippen molar-refractivity contribution in [3.8, 4) is 11.5 Å². The van der Waals surface area contributed by atoms with Crippen LogP contribution in [-0.4, -0.2) is 38.7 Å². The summed E-state index contributed by atoms with van der Waals surface area (Å²) < 4.78 is 5.90. The van der Waals surface area contributed by atoms with Gasteiger partial charge >= 0.3 is 5.97 Å². The Morgan fingerprint density at radius 1 is 0.913 bits per heavy atom. The molecule has 46 heavy (non-hydrogen) atoms. The first-order valence-electron chi connectivity index (χ1n) is 14.9. The molecule has 0 saturated heterocycles. The SMILES string of the molecule is O=C(NC1(C(=O)O)CCc2ccccc21)c1ccc(OCc2ccc(CNCC(O)c3ccc(O)c4[nH]c(=O)ccc34)cc2)cc1. The van der Waals surface area contributed by atoms with Gasteiger partial charge in [0.25, 0.3) is 5.91 Å². The number of carbonyl (C=O) groups is 2. The first kappa shape index (κ1) is 30.6. The average Bonchev–Trinajstić information content (AvgIpc) is 3.44. The minimum Gasteiger partial charge on any atom is -0.506 e. The number of aliphatic carboxylic acids is 1. The predicted molar refractivity (Wildman–Crippen MR) is 172 cm³/mol. The first-order chi connectivity index (χ1) is 22.2. The molecule has 0 saturated carbocycles. The molecule has 0 spiro atoms. The van der Waals surface area contributed by atoms with Crippen molar-refractivity contribution in [3.63, 3.8) is 0 Å². The number of aromatic amines is 1. The number of hydrogen-bond acceptors (Lipinski definition) is 7. The monoisotopic (exact) mass is 619 g/mol. The maximum absolute atomic E-state index is 13.0. The molecule has 0 aliphatic heterocycles. The van der Waals surface area contributed by atoms with Gasteiger partial charge in [0.2, 0.25) is 5.56 Å². The smallest absolute Gasteiger partial charge is 0.334 e. The van der Waals surface area contributed by atoms with Crippen molar-refractivity contribution in [2.24, 2.45) is 0 Å². The number of phenolic OH excluding ortho intramolecular Hbond substituents is 1. The number of carboxylic acid groups (broad SMARTS) is 1. The van der Waals surface area contributed by atoms with Gasteiger partial charge in [0.05, 0.1) is 11.6 Å². The second-order valence-corrected chi connectivity index (χ2v) is 11.4. The Bertz CT molecular complexity index is 1950. The fourth-order valence-corrected chi connectivity index (χ4v) is 5.92. The molecule has 6 N–H and O–H groups in total. The van der Waals surface area contributed by atoms with E-state index in [4.69, 9.17) is 4.74 Å². The highest BCUT2D eigenvalue weighted by Crippen LogP contribution is 2.37. The summed E-state index contributed by atoms with van der Waals surface area (Å²) in [6.07, 6.45) is 0.0310. The number of pyridine rings is 1. The van der Waals surface area contributed by atoms with Crippen molar-refractivity contribution in [2.45, 2.75) is 37.6 Å². The Kier molecular flexibility index (Phi) is 8.56. The van der Waals surface area contributed by atoms with Crippen LogP contribution in [0.2, 0.25) is 0 Å². The zero-order valence-electron chi connectivity index (χ0n) is 24.8. The zero-order valence-corrected chi connectivity index (χ0v) is 24.8. The number of aromatic nitrogens is 1. The molecule has 1 heterocycles. The van der Waals surface area contributed by atoms with Gasteiger partial charge in [-0.25, -0.2) is 4.79 Å². The van der Waals surface area contributed by atoms with E-state index in [9.17, 15) is 29.7 Å². The number of nitrogens with one attached hydrogen (secondary N) is 3. The molecule has 1 aromatic heterocycles. The van der Waals surface area contributed by atoms with Gasteiger partial charge < -0.3 is 35.7 Å². The summed E-state index contributed by atoms with van der Waals surface area (Å²) in [6, 6.07) is 27.8. The molecule has 10 heteroatoms. The molecular weight excluding hydrogens is 586 g/mol. The fourth-order valence-electron chi connectivity index (χ4n) is 5.92. The zero-order chi connectivity index (χ0) is 32.3. The normalized spacial score (nSPS) is 16.1. The Labute approximate surface area is 264 Å². The lowest BCUT2D eigenvalue weighted by Crippen LogP contribution is -2.50. The molecule has 1 aliphatic carbocycles. The summed E-state index contributed by atoms with van der Waals surface area (Å²) in [5, 5.41) is 37.4. The third-order valence-corrected chi connectivity index (χ3v) is 8.42. The maximum Gasteiger partial charge on any atom is 0.334 e. The molecule has 0 bridgehead atoms. The van der Waals surface area contributed by atoms with Crippen molar-refractivity contribution in [1.82, 2.24) is 15.6 Å². The number of aliphatic hydroxyl groups is 1. The summed E-state index contributed by atoms with van der Waals surface area (Å²) in [5.74, 6) is -1.02. The van der Waals surface area contributed by atoms with E-state index in [-0.39, 0.29) is 17.9 Å². The lowest BCUT2D eigenvalue weighted by atomic mass is 9.91. The van der Waals surface area contributed by atoms with Crippen LogP contribution in [0.4, 0.5) is 0 Å². The molecule has 6 rings (SSSR count). The molecule has 2 unspecified atom stereocenters. The van der Waals surface area contributed by atoms with E-state index in [1.165, 1.54) is 12.1 Å². The standard InChI is InChI=1S/C36H33N3O7/c40-30-15-13-27(28-14-16-32(42)38-33(28)30)31(41)20-37-19-22-5-7-23(8-6-22)21-46-26-11-9-25(10-12-26)34(43)39-36(35(44)45)18-17-24-3-1-2-4-29(24)36/h1-16,31,37,40-41H,17-21H2,(H,38,42)(H,39,43)(H,44,45). The largest absolute Gasteiger partial charge is 0.506 e. The minimum absolute atomic E-state index is 0.0538. The van der Waals surface area contributed by atoms with Gasteiger partial charge in [-0.3, -0.25) is 9.59 Å². The van der Waals surface area contributed by atoms with Crippen molar-refractivity contribution < 1.29 is 29.6 Å². The van der Waals surface area contributed by atoms with Gasteiger partial charge in [-0.15, -0.1) is 0 Å². The molecule has 1 aliphatic rings. The lowest BCUT2D eigenvalue weighted by molar-refractivity contribution is -0.144. The minimum atomic E-state index is -1.45. The molecular formula is C36H33N3O7. The predicted octanol–water partition coefficient (Wildman–Crippen LogP) is 4.29. The fraction of sp³-hybridized carbons (Fsp3) is 0.194. The van der Waals surface area contributed by atoms with Gasteiger partial charge in [0.1, 0.15) is 18.1 Å². The molecule has 0 fully saturated rings. The van der Waals surface area contributed by atoms with Crippen LogP contribution in [0.3, 0.4) is 0 Å². The maximum atomic E-state index is 13.0. The average molecular weight is 620 g/mol. The van der Waals surface area contributed by atoms with E-state index in [0.29, 0.717) is 59.3 Å². The van der Waals surface area contributed by atoms with Crippen LogP contribution in [0.25, 0.3) is 10.9 Å². The van der Waals surface area contributed by atoms with Crippen LogP contribution < -0.4 is 20.9 Å². The number of benzene rings is 4. The molecule has 234 valence electrons. The second-order valence-electron chi connectivity index (χ2n) is 11.4. The van der Waals surface area contributed by atoms with Gasteiger partial charge in [-0.2, -0.15) is 0 Å². The second kappa shape index (κ2) is 12.9. The molecule has 1 amide bonds. The summed E-state index contributed by atoms with van der Waals surface area (Å²) in [5.41, 5.74) is 2.96. The number of carboxylic acids is 1. The molecule has 4 aromatic carbocycles. The molecule has 2 atom stereocenters. The number of H-pyrrole nitrogens is 1. The number of rotatable bonds is 11. The van der Waals surface area contributed by atoms with Crippen LogP contribution >= 0.6 is 0 Å². The van der Waals surface area contributed by atoms with E-state index >= 15 is 0 Å². The number of aryl methyl sites for hydroxylation is 1. The number of phenols is 1. The van der Waals surface area contributed by atoms with Crippen LogP contribution in [0.5, 0.6) is 11.5 Å². The van der Waals surface area contributed by atoms with Gasteiger partial charge in [-0.1, -0.05) is 54.6 Å². The number of carbonyl (C=O) groups excluding carboxylic acids is 1. The van der Waals surface area contributed by atoms with Gasteiger partial charge in [0, 0.05) is 30.1 Å². The summed E-state index contributed by atoms with van der Waals surface area (Å²) in [6.45, 7) is 1.10. The Morgan fingerprint density at radius 3 is 2.41 bits per heavy atom. The van der Waals surface area contributed by atoms with Crippen LogP contribution in [0, 0.1) is 0 Å².